The van der Waals surface area contributed by atoms with Crippen LogP contribution in [0, 0.1) is 0 Å². The van der Waals surface area contributed by atoms with E-state index in [1.807, 2.05) is 12.1 Å². The van der Waals surface area contributed by atoms with Crippen LogP contribution >= 0.6 is 11.6 Å². The largest absolute Gasteiger partial charge is 0.271 e. The first-order valence-corrected chi connectivity index (χ1v) is 8.87. The van der Waals surface area contributed by atoms with Gasteiger partial charge in [-0.2, -0.15) is 0 Å². The van der Waals surface area contributed by atoms with Crippen molar-refractivity contribution in [1.82, 2.24) is 5.43 Å². The predicted octanol–water partition coefficient (Wildman–Crippen LogP) is 5.77. The maximum atomic E-state index is 5.91. The minimum Gasteiger partial charge on any atom is -0.271 e. The van der Waals surface area contributed by atoms with E-state index in [9.17, 15) is 0 Å². The zero-order valence-electron chi connectivity index (χ0n) is 13.4. The van der Waals surface area contributed by atoms with E-state index in [-0.39, 0.29) is 6.04 Å². The highest BCUT2D eigenvalue weighted by atomic mass is 35.5. The number of benzene rings is 1. The molecular formula is C18H31ClN2. The van der Waals surface area contributed by atoms with Gasteiger partial charge < -0.3 is 0 Å². The molecule has 0 amide bonds. The molecule has 21 heavy (non-hydrogen) atoms. The number of unbranched alkanes of at least 4 members (excludes halogenated alkanes) is 8. The molecule has 1 aromatic rings. The molecule has 0 aliphatic rings. The van der Waals surface area contributed by atoms with Crippen LogP contribution in [0.3, 0.4) is 0 Å². The quantitative estimate of drug-likeness (QED) is 0.292. The first-order chi connectivity index (χ1) is 10.3. The third-order valence-electron chi connectivity index (χ3n) is 4.07. The molecule has 1 rings (SSSR count). The number of nitrogens with one attached hydrogen (secondary N) is 1. The monoisotopic (exact) mass is 310 g/mol. The van der Waals surface area contributed by atoms with Gasteiger partial charge in [-0.3, -0.25) is 11.3 Å². The Bertz CT molecular complexity index is 351. The number of hydrogen-bond acceptors (Lipinski definition) is 2. The number of rotatable bonds is 12. The Kier molecular flexibility index (Phi) is 10.6. The van der Waals surface area contributed by atoms with E-state index in [4.69, 9.17) is 17.4 Å². The first-order valence-electron chi connectivity index (χ1n) is 8.49. The van der Waals surface area contributed by atoms with Crippen LogP contribution in [0.1, 0.15) is 82.7 Å². The molecule has 0 aliphatic heterocycles. The summed E-state index contributed by atoms with van der Waals surface area (Å²) >= 11 is 5.91. The molecule has 0 heterocycles. The van der Waals surface area contributed by atoms with Crippen LogP contribution in [-0.2, 0) is 0 Å². The molecule has 1 unspecified atom stereocenters. The van der Waals surface area contributed by atoms with Crippen molar-refractivity contribution in [2.45, 2.75) is 77.2 Å². The number of hydrogen-bond donors (Lipinski definition) is 2. The number of nitrogens with two attached hydrogens (primary N) is 1. The molecule has 0 saturated heterocycles. The van der Waals surface area contributed by atoms with Crippen molar-refractivity contribution in [3.8, 4) is 0 Å². The summed E-state index contributed by atoms with van der Waals surface area (Å²) in [5.74, 6) is 5.67. The van der Waals surface area contributed by atoms with Crippen LogP contribution < -0.4 is 11.3 Å². The maximum absolute atomic E-state index is 5.91. The average molecular weight is 311 g/mol. The molecule has 2 nitrogen and oxygen atoms in total. The van der Waals surface area contributed by atoms with Gasteiger partial charge in [-0.1, -0.05) is 88.4 Å². The molecule has 1 aromatic carbocycles. The van der Waals surface area contributed by atoms with E-state index in [2.05, 4.69) is 24.5 Å². The summed E-state index contributed by atoms with van der Waals surface area (Å²) in [5.41, 5.74) is 4.14. The highest BCUT2D eigenvalue weighted by Gasteiger charge is 2.08. The van der Waals surface area contributed by atoms with E-state index >= 15 is 0 Å². The Labute approximate surface area is 135 Å². The molecule has 0 aliphatic carbocycles. The summed E-state index contributed by atoms with van der Waals surface area (Å²) in [4.78, 5) is 0. The van der Waals surface area contributed by atoms with Gasteiger partial charge in [-0.05, 0) is 24.1 Å². The Morgan fingerprint density at radius 1 is 0.905 bits per heavy atom. The zero-order chi connectivity index (χ0) is 15.3. The lowest BCUT2D eigenvalue weighted by Gasteiger charge is -2.16. The van der Waals surface area contributed by atoms with Crippen molar-refractivity contribution in [3.63, 3.8) is 0 Å². The van der Waals surface area contributed by atoms with Gasteiger partial charge in [0.05, 0.1) is 0 Å². The SMILES string of the molecule is CCCCCCCCCCCC(NN)c1ccc(Cl)cc1. The van der Waals surface area contributed by atoms with E-state index in [1.54, 1.807) is 0 Å². The normalized spacial score (nSPS) is 12.5. The Morgan fingerprint density at radius 3 is 1.95 bits per heavy atom. The molecule has 3 heteroatoms. The molecule has 1 atom stereocenters. The van der Waals surface area contributed by atoms with E-state index < -0.39 is 0 Å². The van der Waals surface area contributed by atoms with Crippen molar-refractivity contribution in [1.29, 1.82) is 0 Å². The molecule has 0 spiro atoms. The van der Waals surface area contributed by atoms with Gasteiger partial charge in [0.25, 0.3) is 0 Å². The molecule has 0 fully saturated rings. The van der Waals surface area contributed by atoms with Crippen LogP contribution in [0.4, 0.5) is 0 Å². The summed E-state index contributed by atoms with van der Waals surface area (Å²) in [5, 5.41) is 0.776. The van der Waals surface area contributed by atoms with Crippen LogP contribution in [0.25, 0.3) is 0 Å². The topological polar surface area (TPSA) is 38.0 Å². The standard InChI is InChI=1S/C18H31ClN2/c1-2-3-4-5-6-7-8-9-10-11-18(21-20)16-12-14-17(19)15-13-16/h12-15,18,21H,2-11,20H2,1H3. The van der Waals surface area contributed by atoms with Gasteiger partial charge in [0, 0.05) is 11.1 Å². The molecular weight excluding hydrogens is 280 g/mol. The van der Waals surface area contributed by atoms with Crippen molar-refractivity contribution < 1.29 is 0 Å². The smallest absolute Gasteiger partial charge is 0.0460 e. The number of hydrazine groups is 1. The molecule has 0 radical (unpaired) electrons. The van der Waals surface area contributed by atoms with Crippen molar-refractivity contribution in [3.05, 3.63) is 34.9 Å². The summed E-state index contributed by atoms with van der Waals surface area (Å²) in [6, 6.07) is 8.21. The van der Waals surface area contributed by atoms with E-state index in [1.165, 1.54) is 63.4 Å². The van der Waals surface area contributed by atoms with Gasteiger partial charge in [0.2, 0.25) is 0 Å². The fourth-order valence-corrected chi connectivity index (χ4v) is 2.83. The Balaban J connectivity index is 2.08. The summed E-state index contributed by atoms with van der Waals surface area (Å²) in [6.45, 7) is 2.27. The van der Waals surface area contributed by atoms with Gasteiger partial charge in [-0.15, -0.1) is 0 Å². The number of halogens is 1. The molecule has 3 N–H and O–H groups in total. The van der Waals surface area contributed by atoms with Crippen LogP contribution in [0.2, 0.25) is 5.02 Å². The lowest BCUT2D eigenvalue weighted by molar-refractivity contribution is 0.474. The second-order valence-electron chi connectivity index (χ2n) is 5.89. The fraction of sp³-hybridized carbons (Fsp3) is 0.667. The predicted molar refractivity (Wildman–Crippen MR) is 93.4 cm³/mol. The van der Waals surface area contributed by atoms with Crippen LogP contribution in [-0.4, -0.2) is 0 Å². The highest BCUT2D eigenvalue weighted by Crippen LogP contribution is 2.21. The summed E-state index contributed by atoms with van der Waals surface area (Å²) < 4.78 is 0. The Morgan fingerprint density at radius 2 is 1.43 bits per heavy atom. The third-order valence-corrected chi connectivity index (χ3v) is 4.32. The van der Waals surface area contributed by atoms with Gasteiger partial charge in [0.1, 0.15) is 0 Å². The summed E-state index contributed by atoms with van der Waals surface area (Å²) in [6.07, 6.45) is 13.3. The molecule has 0 aromatic heterocycles. The Hall–Kier alpha value is -0.570. The molecule has 120 valence electrons. The second kappa shape index (κ2) is 12.0. The lowest BCUT2D eigenvalue weighted by atomic mass is 10.00. The maximum Gasteiger partial charge on any atom is 0.0460 e. The van der Waals surface area contributed by atoms with Gasteiger partial charge in [0.15, 0.2) is 0 Å². The van der Waals surface area contributed by atoms with Crippen LogP contribution in [0.15, 0.2) is 24.3 Å². The minimum atomic E-state index is 0.242. The van der Waals surface area contributed by atoms with Crippen LogP contribution in [0.5, 0.6) is 0 Å². The van der Waals surface area contributed by atoms with E-state index in [0.29, 0.717) is 0 Å². The minimum absolute atomic E-state index is 0.242. The molecule has 0 saturated carbocycles. The second-order valence-corrected chi connectivity index (χ2v) is 6.32. The van der Waals surface area contributed by atoms with Crippen molar-refractivity contribution in [2.75, 3.05) is 0 Å². The average Bonchev–Trinajstić information content (AvgIpc) is 2.51. The zero-order valence-corrected chi connectivity index (χ0v) is 14.2. The third kappa shape index (κ3) is 8.45. The van der Waals surface area contributed by atoms with Crippen molar-refractivity contribution in [2.24, 2.45) is 5.84 Å². The summed E-state index contributed by atoms with van der Waals surface area (Å²) in [7, 11) is 0. The fourth-order valence-electron chi connectivity index (χ4n) is 2.70. The van der Waals surface area contributed by atoms with Gasteiger partial charge in [-0.25, -0.2) is 0 Å². The van der Waals surface area contributed by atoms with Gasteiger partial charge >= 0.3 is 0 Å². The first kappa shape index (κ1) is 18.5. The highest BCUT2D eigenvalue weighted by molar-refractivity contribution is 6.30. The lowest BCUT2D eigenvalue weighted by Crippen LogP contribution is -2.27. The van der Waals surface area contributed by atoms with Crippen molar-refractivity contribution >= 4 is 11.6 Å². The van der Waals surface area contributed by atoms with E-state index in [0.717, 1.165) is 11.4 Å². The molecule has 0 bridgehead atoms.